The maximum Gasteiger partial charge on any atom is 0.150 e. The quantitative estimate of drug-likeness (QED) is 0.710. The third-order valence-corrected chi connectivity index (χ3v) is 6.01. The Bertz CT molecular complexity index is 483. The number of thioether (sulfide) groups is 1. The Labute approximate surface area is 127 Å². The summed E-state index contributed by atoms with van der Waals surface area (Å²) in [6.07, 6.45) is 1.54. The molecule has 114 valence electrons. The molecule has 0 aliphatic carbocycles. The van der Waals surface area contributed by atoms with Crippen molar-refractivity contribution in [1.82, 2.24) is 5.32 Å². The first kappa shape index (κ1) is 17.5. The minimum absolute atomic E-state index is 0.225. The van der Waals surface area contributed by atoms with Crippen LogP contribution in [-0.4, -0.2) is 32.7 Å². The zero-order valence-corrected chi connectivity index (χ0v) is 14.2. The largest absolute Gasteiger partial charge is 0.313 e. The highest BCUT2D eigenvalue weighted by atomic mass is 32.2. The average molecular weight is 316 g/mol. The second-order valence-corrected chi connectivity index (χ2v) is 8.53. The lowest BCUT2D eigenvalue weighted by Crippen LogP contribution is -2.18. The van der Waals surface area contributed by atoms with Crippen molar-refractivity contribution >= 4 is 21.6 Å². The van der Waals surface area contributed by atoms with Gasteiger partial charge in [0.25, 0.3) is 0 Å². The van der Waals surface area contributed by atoms with Crippen molar-refractivity contribution in [1.29, 1.82) is 0 Å². The Morgan fingerprint density at radius 2 is 1.85 bits per heavy atom. The number of rotatable bonds is 9. The summed E-state index contributed by atoms with van der Waals surface area (Å²) >= 11 is 1.83. The summed E-state index contributed by atoms with van der Waals surface area (Å²) in [5.74, 6) is 1.59. The normalized spacial score (nSPS) is 13.3. The smallest absolute Gasteiger partial charge is 0.150 e. The van der Waals surface area contributed by atoms with Crippen LogP contribution in [0.25, 0.3) is 0 Å². The van der Waals surface area contributed by atoms with Crippen molar-refractivity contribution < 1.29 is 8.42 Å². The Kier molecular flexibility index (Phi) is 7.62. The van der Waals surface area contributed by atoms with Crippen molar-refractivity contribution in [3.8, 4) is 0 Å². The first-order valence-electron chi connectivity index (χ1n) is 7.12. The molecule has 0 aromatic heterocycles. The van der Waals surface area contributed by atoms with Gasteiger partial charge in [-0.1, -0.05) is 26.0 Å². The van der Waals surface area contributed by atoms with Crippen LogP contribution in [0.5, 0.6) is 0 Å². The molecule has 1 unspecified atom stereocenters. The molecule has 0 heterocycles. The minimum atomic E-state index is -2.85. The maximum atomic E-state index is 11.5. The second-order valence-electron chi connectivity index (χ2n) is 4.72. The van der Waals surface area contributed by atoms with Crippen LogP contribution in [0, 0.1) is 0 Å². The zero-order valence-electron chi connectivity index (χ0n) is 12.6. The van der Waals surface area contributed by atoms with Gasteiger partial charge in [-0.05, 0) is 43.3 Å². The van der Waals surface area contributed by atoms with Crippen molar-refractivity contribution in [3.05, 3.63) is 29.8 Å². The standard InChI is InChI=1S/C15H25NO2S2/c1-4-19-14-10-8-13(9-11-14)15(16-3)7-6-12-20(17,18)5-2/h8-11,15-16H,4-7,12H2,1-3H3. The fraction of sp³-hybridized carbons (Fsp3) is 0.600. The molecule has 3 nitrogen and oxygen atoms in total. The van der Waals surface area contributed by atoms with Crippen LogP contribution in [-0.2, 0) is 9.84 Å². The third-order valence-electron chi connectivity index (χ3n) is 3.33. The highest BCUT2D eigenvalue weighted by Crippen LogP contribution is 2.23. The molecule has 0 amide bonds. The molecule has 1 aromatic carbocycles. The number of benzene rings is 1. The Balaban J connectivity index is 2.57. The Morgan fingerprint density at radius 1 is 1.20 bits per heavy atom. The summed E-state index contributed by atoms with van der Waals surface area (Å²) < 4.78 is 23.0. The van der Waals surface area contributed by atoms with Gasteiger partial charge in [0, 0.05) is 16.7 Å². The molecule has 0 bridgehead atoms. The SMILES string of the molecule is CCSc1ccc(C(CCCS(=O)(=O)CC)NC)cc1. The fourth-order valence-corrected chi connectivity index (χ4v) is 3.65. The van der Waals surface area contributed by atoms with Crippen LogP contribution >= 0.6 is 11.8 Å². The first-order valence-corrected chi connectivity index (χ1v) is 9.93. The van der Waals surface area contributed by atoms with Crippen molar-refractivity contribution in [3.63, 3.8) is 0 Å². The van der Waals surface area contributed by atoms with Gasteiger partial charge in [0.1, 0.15) is 9.84 Å². The average Bonchev–Trinajstić information content (AvgIpc) is 2.45. The van der Waals surface area contributed by atoms with Gasteiger partial charge in [-0.15, -0.1) is 11.8 Å². The van der Waals surface area contributed by atoms with Crippen LogP contribution < -0.4 is 5.32 Å². The number of hydrogen-bond donors (Lipinski definition) is 1. The van der Waals surface area contributed by atoms with Crippen LogP contribution in [0.3, 0.4) is 0 Å². The highest BCUT2D eigenvalue weighted by Gasteiger charge is 2.12. The van der Waals surface area contributed by atoms with Gasteiger partial charge in [-0.3, -0.25) is 0 Å². The van der Waals surface area contributed by atoms with Crippen molar-refractivity contribution in [2.75, 3.05) is 24.3 Å². The Hall–Kier alpha value is -0.520. The minimum Gasteiger partial charge on any atom is -0.313 e. The van der Waals surface area contributed by atoms with E-state index in [1.807, 2.05) is 18.8 Å². The summed E-state index contributed by atoms with van der Waals surface area (Å²) in [4.78, 5) is 1.28. The monoisotopic (exact) mass is 315 g/mol. The molecule has 0 radical (unpaired) electrons. The fourth-order valence-electron chi connectivity index (χ4n) is 2.09. The molecule has 1 N–H and O–H groups in total. The van der Waals surface area contributed by atoms with Gasteiger partial charge < -0.3 is 5.32 Å². The lowest BCUT2D eigenvalue weighted by molar-refractivity contribution is 0.535. The lowest BCUT2D eigenvalue weighted by Gasteiger charge is -2.17. The van der Waals surface area contributed by atoms with Crippen molar-refractivity contribution in [2.24, 2.45) is 0 Å². The summed E-state index contributed by atoms with van der Waals surface area (Å²) in [6, 6.07) is 8.76. The van der Waals surface area contributed by atoms with E-state index < -0.39 is 9.84 Å². The molecule has 0 aliphatic heterocycles. The first-order chi connectivity index (χ1) is 9.52. The van der Waals surface area contributed by atoms with Crippen LogP contribution in [0.4, 0.5) is 0 Å². The van der Waals surface area contributed by atoms with E-state index in [1.54, 1.807) is 6.92 Å². The van der Waals surface area contributed by atoms with E-state index in [4.69, 9.17) is 0 Å². The molecule has 0 saturated heterocycles. The lowest BCUT2D eigenvalue weighted by atomic mass is 10.0. The summed E-state index contributed by atoms with van der Waals surface area (Å²) in [6.45, 7) is 3.85. The molecule has 20 heavy (non-hydrogen) atoms. The molecule has 1 rings (SSSR count). The topological polar surface area (TPSA) is 46.2 Å². The Morgan fingerprint density at radius 3 is 2.35 bits per heavy atom. The molecule has 0 spiro atoms. The van der Waals surface area contributed by atoms with E-state index >= 15 is 0 Å². The van der Waals surface area contributed by atoms with Gasteiger partial charge >= 0.3 is 0 Å². The summed E-state index contributed by atoms with van der Waals surface area (Å²) in [5, 5.41) is 3.27. The molecule has 5 heteroatoms. The van der Waals surface area contributed by atoms with E-state index in [1.165, 1.54) is 10.5 Å². The predicted molar refractivity (Wildman–Crippen MR) is 88.2 cm³/mol. The van der Waals surface area contributed by atoms with E-state index in [0.717, 1.165) is 12.2 Å². The number of nitrogens with one attached hydrogen (secondary N) is 1. The predicted octanol–water partition coefficient (Wildman–Crippen LogP) is 3.27. The maximum absolute atomic E-state index is 11.5. The molecule has 0 aliphatic rings. The van der Waals surface area contributed by atoms with E-state index in [2.05, 4.69) is 36.5 Å². The zero-order chi connectivity index (χ0) is 15.0. The van der Waals surface area contributed by atoms with E-state index in [-0.39, 0.29) is 17.5 Å². The van der Waals surface area contributed by atoms with Gasteiger partial charge in [-0.2, -0.15) is 0 Å². The van der Waals surface area contributed by atoms with Gasteiger partial charge in [-0.25, -0.2) is 8.42 Å². The molecule has 1 aromatic rings. The molecular formula is C15H25NO2S2. The summed E-state index contributed by atoms with van der Waals surface area (Å²) in [5.41, 5.74) is 1.22. The van der Waals surface area contributed by atoms with Crippen LogP contribution in [0.2, 0.25) is 0 Å². The molecule has 0 fully saturated rings. The molecule has 0 saturated carbocycles. The number of hydrogen-bond acceptors (Lipinski definition) is 4. The highest BCUT2D eigenvalue weighted by molar-refractivity contribution is 7.99. The number of sulfone groups is 1. The van der Waals surface area contributed by atoms with Crippen molar-refractivity contribution in [2.45, 2.75) is 37.6 Å². The van der Waals surface area contributed by atoms with E-state index in [9.17, 15) is 8.42 Å². The van der Waals surface area contributed by atoms with Gasteiger partial charge in [0.2, 0.25) is 0 Å². The summed E-state index contributed by atoms with van der Waals surface area (Å²) in [7, 11) is -0.926. The molecule has 1 atom stereocenters. The van der Waals surface area contributed by atoms with Gasteiger partial charge in [0.05, 0.1) is 5.75 Å². The van der Waals surface area contributed by atoms with Gasteiger partial charge in [0.15, 0.2) is 0 Å². The van der Waals surface area contributed by atoms with E-state index in [0.29, 0.717) is 6.42 Å². The second kappa shape index (κ2) is 8.70. The van der Waals surface area contributed by atoms with Crippen LogP contribution in [0.15, 0.2) is 29.2 Å². The third kappa shape index (κ3) is 5.85. The molecular weight excluding hydrogens is 290 g/mol. The van der Waals surface area contributed by atoms with Crippen LogP contribution in [0.1, 0.15) is 38.3 Å².